The Bertz CT molecular complexity index is 203. The largest absolute Gasteiger partial charge is 0.355 e. The van der Waals surface area contributed by atoms with Crippen molar-refractivity contribution in [3.8, 4) is 0 Å². The number of hydrogen-bond donors (Lipinski definition) is 2. The fourth-order valence-electron chi connectivity index (χ4n) is 2.10. The maximum Gasteiger partial charge on any atom is 0.226 e. The van der Waals surface area contributed by atoms with Gasteiger partial charge in [-0.3, -0.25) is 4.79 Å². The van der Waals surface area contributed by atoms with Crippen molar-refractivity contribution in [1.82, 2.24) is 10.6 Å². The van der Waals surface area contributed by atoms with Gasteiger partial charge in [0.05, 0.1) is 5.41 Å². The van der Waals surface area contributed by atoms with Gasteiger partial charge in [-0.2, -0.15) is 11.8 Å². The molecule has 0 radical (unpaired) electrons. The van der Waals surface area contributed by atoms with Gasteiger partial charge in [0.1, 0.15) is 0 Å². The molecule has 1 aliphatic heterocycles. The summed E-state index contributed by atoms with van der Waals surface area (Å²) in [7, 11) is 0. The van der Waals surface area contributed by atoms with Crippen molar-refractivity contribution in [2.45, 2.75) is 26.2 Å². The summed E-state index contributed by atoms with van der Waals surface area (Å²) >= 11 is 1.77. The quantitative estimate of drug-likeness (QED) is 0.698. The summed E-state index contributed by atoms with van der Waals surface area (Å²) in [5, 5.41) is 6.37. The third kappa shape index (κ3) is 3.38. The molecular weight excluding hydrogens is 208 g/mol. The van der Waals surface area contributed by atoms with Crippen LogP contribution in [-0.4, -0.2) is 37.6 Å². The van der Waals surface area contributed by atoms with E-state index in [1.165, 1.54) is 0 Å². The topological polar surface area (TPSA) is 41.1 Å². The summed E-state index contributed by atoms with van der Waals surface area (Å²) < 4.78 is 0. The molecule has 4 heteroatoms. The molecule has 0 aromatic carbocycles. The van der Waals surface area contributed by atoms with Crippen molar-refractivity contribution in [3.63, 3.8) is 0 Å². The molecule has 15 heavy (non-hydrogen) atoms. The smallest absolute Gasteiger partial charge is 0.226 e. The van der Waals surface area contributed by atoms with Crippen molar-refractivity contribution in [2.75, 3.05) is 31.6 Å². The molecule has 0 saturated carbocycles. The highest BCUT2D eigenvalue weighted by molar-refractivity contribution is 7.98. The first-order valence-electron chi connectivity index (χ1n) is 5.73. The third-order valence-electron chi connectivity index (χ3n) is 3.31. The van der Waals surface area contributed by atoms with Gasteiger partial charge in [-0.1, -0.05) is 6.92 Å². The lowest BCUT2D eigenvalue weighted by Gasteiger charge is -2.35. The molecule has 1 rings (SSSR count). The summed E-state index contributed by atoms with van der Waals surface area (Å²) in [6, 6.07) is 0. The van der Waals surface area contributed by atoms with Crippen molar-refractivity contribution in [3.05, 3.63) is 0 Å². The molecule has 1 heterocycles. The van der Waals surface area contributed by atoms with Crippen LogP contribution in [0.5, 0.6) is 0 Å². The van der Waals surface area contributed by atoms with Gasteiger partial charge in [0.25, 0.3) is 0 Å². The zero-order valence-corrected chi connectivity index (χ0v) is 10.6. The Balaban J connectivity index is 2.45. The van der Waals surface area contributed by atoms with Crippen LogP contribution in [0.2, 0.25) is 0 Å². The predicted molar refractivity (Wildman–Crippen MR) is 66.2 cm³/mol. The Hall–Kier alpha value is -0.220. The lowest BCUT2D eigenvalue weighted by Crippen LogP contribution is -2.47. The molecule has 0 bridgehead atoms. The van der Waals surface area contributed by atoms with Crippen molar-refractivity contribution in [1.29, 1.82) is 0 Å². The lowest BCUT2D eigenvalue weighted by molar-refractivity contribution is -0.132. The van der Waals surface area contributed by atoms with E-state index in [0.29, 0.717) is 0 Å². The molecule has 1 amide bonds. The van der Waals surface area contributed by atoms with Crippen LogP contribution in [0.25, 0.3) is 0 Å². The molecule has 0 spiro atoms. The van der Waals surface area contributed by atoms with E-state index < -0.39 is 0 Å². The van der Waals surface area contributed by atoms with Crippen LogP contribution in [-0.2, 0) is 4.79 Å². The van der Waals surface area contributed by atoms with E-state index in [9.17, 15) is 4.79 Å². The van der Waals surface area contributed by atoms with Gasteiger partial charge < -0.3 is 10.6 Å². The maximum atomic E-state index is 12.1. The van der Waals surface area contributed by atoms with E-state index in [-0.39, 0.29) is 11.3 Å². The van der Waals surface area contributed by atoms with Crippen molar-refractivity contribution >= 4 is 17.7 Å². The van der Waals surface area contributed by atoms with Gasteiger partial charge in [-0.15, -0.1) is 0 Å². The third-order valence-corrected chi connectivity index (χ3v) is 3.92. The zero-order valence-electron chi connectivity index (χ0n) is 9.77. The zero-order chi connectivity index (χ0) is 11.1. The number of carbonyl (C=O) groups is 1. The van der Waals surface area contributed by atoms with Crippen LogP contribution >= 0.6 is 11.8 Å². The molecule has 0 unspecified atom stereocenters. The van der Waals surface area contributed by atoms with E-state index in [1.54, 1.807) is 11.8 Å². The molecule has 0 aromatic rings. The highest BCUT2D eigenvalue weighted by Gasteiger charge is 2.37. The standard InChI is InChI=1S/C11H22N2OS/c1-3-11(4-6-12-7-5-11)10(14)13-8-9-15-2/h12H,3-9H2,1-2H3,(H,13,14). The van der Waals surface area contributed by atoms with Crippen LogP contribution in [0, 0.1) is 5.41 Å². The van der Waals surface area contributed by atoms with E-state index in [4.69, 9.17) is 0 Å². The second-order valence-electron chi connectivity index (χ2n) is 4.13. The highest BCUT2D eigenvalue weighted by atomic mass is 32.2. The number of hydrogen-bond acceptors (Lipinski definition) is 3. The number of rotatable bonds is 5. The van der Waals surface area contributed by atoms with Crippen molar-refractivity contribution < 1.29 is 4.79 Å². The molecule has 1 aliphatic rings. The van der Waals surface area contributed by atoms with Gasteiger partial charge in [0, 0.05) is 12.3 Å². The van der Waals surface area contributed by atoms with Crippen LogP contribution in [0.15, 0.2) is 0 Å². The molecule has 0 aromatic heterocycles. The summed E-state index contributed by atoms with van der Waals surface area (Å²) in [5.74, 6) is 1.27. The number of piperidine rings is 1. The maximum absolute atomic E-state index is 12.1. The second kappa shape index (κ2) is 6.38. The first kappa shape index (κ1) is 12.8. The molecular formula is C11H22N2OS. The Morgan fingerprint density at radius 2 is 2.13 bits per heavy atom. The summed E-state index contributed by atoms with van der Waals surface area (Å²) in [6.45, 7) is 4.88. The Labute approximate surface area is 96.8 Å². The second-order valence-corrected chi connectivity index (χ2v) is 5.12. The van der Waals surface area contributed by atoms with E-state index in [0.717, 1.165) is 44.6 Å². The Morgan fingerprint density at radius 1 is 1.47 bits per heavy atom. The van der Waals surface area contributed by atoms with Crippen LogP contribution in [0.4, 0.5) is 0 Å². The van der Waals surface area contributed by atoms with Gasteiger partial charge in [-0.25, -0.2) is 0 Å². The normalized spacial score (nSPS) is 19.9. The van der Waals surface area contributed by atoms with Crippen LogP contribution in [0.3, 0.4) is 0 Å². The summed E-state index contributed by atoms with van der Waals surface area (Å²) in [5.41, 5.74) is -0.0936. The average molecular weight is 230 g/mol. The monoisotopic (exact) mass is 230 g/mol. The molecule has 1 fully saturated rings. The molecule has 0 aliphatic carbocycles. The molecule has 2 N–H and O–H groups in total. The van der Waals surface area contributed by atoms with Crippen LogP contribution in [0.1, 0.15) is 26.2 Å². The number of thioether (sulfide) groups is 1. The number of nitrogens with one attached hydrogen (secondary N) is 2. The summed E-state index contributed by atoms with van der Waals surface area (Å²) in [6.07, 6.45) is 4.98. The van der Waals surface area contributed by atoms with Gasteiger partial charge >= 0.3 is 0 Å². The number of carbonyl (C=O) groups excluding carboxylic acids is 1. The Kier molecular flexibility index (Phi) is 5.47. The molecule has 0 atom stereocenters. The SMILES string of the molecule is CCC1(C(=O)NCCSC)CCNCC1. The summed E-state index contributed by atoms with van der Waals surface area (Å²) in [4.78, 5) is 12.1. The molecule has 3 nitrogen and oxygen atoms in total. The lowest BCUT2D eigenvalue weighted by atomic mass is 9.76. The minimum atomic E-state index is -0.0936. The molecule has 88 valence electrons. The van der Waals surface area contributed by atoms with Gasteiger partial charge in [-0.05, 0) is 38.6 Å². The van der Waals surface area contributed by atoms with Crippen molar-refractivity contribution in [2.24, 2.45) is 5.41 Å². The average Bonchev–Trinajstić information content (AvgIpc) is 2.30. The Morgan fingerprint density at radius 3 is 2.67 bits per heavy atom. The highest BCUT2D eigenvalue weighted by Crippen LogP contribution is 2.32. The minimum absolute atomic E-state index is 0.0936. The number of amides is 1. The van der Waals surface area contributed by atoms with E-state index >= 15 is 0 Å². The van der Waals surface area contributed by atoms with Crippen LogP contribution < -0.4 is 10.6 Å². The van der Waals surface area contributed by atoms with E-state index in [2.05, 4.69) is 23.8 Å². The first-order valence-corrected chi connectivity index (χ1v) is 7.12. The van der Waals surface area contributed by atoms with Gasteiger partial charge in [0.15, 0.2) is 0 Å². The van der Waals surface area contributed by atoms with Gasteiger partial charge in [0.2, 0.25) is 5.91 Å². The molecule has 1 saturated heterocycles. The van der Waals surface area contributed by atoms with E-state index in [1.807, 2.05) is 0 Å². The fourth-order valence-corrected chi connectivity index (χ4v) is 2.41. The predicted octanol–water partition coefficient (Wildman–Crippen LogP) is 1.25. The first-order chi connectivity index (χ1) is 7.25. The fraction of sp³-hybridized carbons (Fsp3) is 0.909. The minimum Gasteiger partial charge on any atom is -0.355 e.